The zero-order chi connectivity index (χ0) is 22.9. The number of hydrogen-bond donors (Lipinski definition) is 4. The van der Waals surface area contributed by atoms with Crippen molar-refractivity contribution in [1.82, 2.24) is 15.2 Å². The van der Waals surface area contributed by atoms with Crippen molar-refractivity contribution in [3.8, 4) is 0 Å². The van der Waals surface area contributed by atoms with Crippen LogP contribution in [0.15, 0.2) is 73.1 Å². The zero-order valence-corrected chi connectivity index (χ0v) is 18.4. The van der Waals surface area contributed by atoms with Gasteiger partial charge in [0.2, 0.25) is 0 Å². The van der Waals surface area contributed by atoms with Crippen molar-refractivity contribution in [2.24, 2.45) is 0 Å². The third-order valence-electron chi connectivity index (χ3n) is 5.34. The van der Waals surface area contributed by atoms with Crippen LogP contribution in [-0.2, 0) is 11.3 Å². The predicted molar refractivity (Wildman–Crippen MR) is 130 cm³/mol. The van der Waals surface area contributed by atoms with E-state index in [-0.39, 0.29) is 6.03 Å². The molecule has 0 atom stereocenters. The third kappa shape index (κ3) is 6.61. The molecule has 8 heteroatoms. The Balaban J connectivity index is 1.33. The van der Waals surface area contributed by atoms with Crippen LogP contribution < -0.4 is 16.0 Å². The van der Waals surface area contributed by atoms with Crippen molar-refractivity contribution in [3.63, 3.8) is 0 Å². The number of urea groups is 1. The molecule has 0 radical (unpaired) electrons. The molecule has 1 fully saturated rings. The normalized spacial score (nSPS) is 13.8. The maximum Gasteiger partial charge on any atom is 0.319 e. The minimum atomic E-state index is -0.276. The van der Waals surface area contributed by atoms with Gasteiger partial charge in [-0.25, -0.2) is 4.79 Å². The van der Waals surface area contributed by atoms with E-state index in [1.807, 2.05) is 60.7 Å². The number of nitrogens with one attached hydrogen (secondary N) is 4. The molecule has 2 aromatic carbocycles. The lowest BCUT2D eigenvalue weighted by atomic mass is 10.1. The van der Waals surface area contributed by atoms with Gasteiger partial charge in [0.15, 0.2) is 0 Å². The summed E-state index contributed by atoms with van der Waals surface area (Å²) < 4.78 is 5.40. The molecule has 4 N–H and O–H groups in total. The van der Waals surface area contributed by atoms with Gasteiger partial charge < -0.3 is 26.1 Å². The fourth-order valence-corrected chi connectivity index (χ4v) is 3.58. The highest BCUT2D eigenvalue weighted by Crippen LogP contribution is 2.23. The Labute approximate surface area is 193 Å². The first kappa shape index (κ1) is 22.4. The highest BCUT2D eigenvalue weighted by Gasteiger charge is 2.15. The van der Waals surface area contributed by atoms with Crippen LogP contribution in [0.2, 0.25) is 0 Å². The largest absolute Gasteiger partial charge is 0.379 e. The molecule has 3 aromatic rings. The van der Waals surface area contributed by atoms with Gasteiger partial charge in [-0.2, -0.15) is 0 Å². The van der Waals surface area contributed by atoms with Gasteiger partial charge >= 0.3 is 6.03 Å². The van der Waals surface area contributed by atoms with E-state index < -0.39 is 0 Å². The Morgan fingerprint density at radius 1 is 1.00 bits per heavy atom. The molecule has 8 nitrogen and oxygen atoms in total. The van der Waals surface area contributed by atoms with E-state index in [1.165, 1.54) is 0 Å². The van der Waals surface area contributed by atoms with Crippen LogP contribution in [0.4, 0.5) is 21.9 Å². The minimum Gasteiger partial charge on any atom is -0.379 e. The van der Waals surface area contributed by atoms with Crippen LogP contribution in [0.5, 0.6) is 0 Å². The van der Waals surface area contributed by atoms with Crippen molar-refractivity contribution in [1.29, 1.82) is 5.41 Å². The average Bonchev–Trinajstić information content (AvgIpc) is 2.85. The smallest absolute Gasteiger partial charge is 0.319 e. The molecule has 1 aliphatic heterocycles. The number of benzene rings is 2. The number of nitrogens with zero attached hydrogens (tertiary/aromatic N) is 2. The molecule has 33 heavy (non-hydrogen) atoms. The molecule has 0 saturated carbocycles. The highest BCUT2D eigenvalue weighted by atomic mass is 16.5. The predicted octanol–water partition coefficient (Wildman–Crippen LogP) is 3.85. The van der Waals surface area contributed by atoms with Crippen molar-refractivity contribution in [2.45, 2.75) is 6.54 Å². The van der Waals surface area contributed by atoms with E-state index >= 15 is 0 Å². The molecule has 4 rings (SSSR count). The van der Waals surface area contributed by atoms with E-state index in [0.29, 0.717) is 24.5 Å². The second-order valence-corrected chi connectivity index (χ2v) is 7.78. The summed E-state index contributed by atoms with van der Waals surface area (Å²) in [5.41, 5.74) is 4.83. The Bertz CT molecular complexity index is 1070. The molecule has 0 aliphatic carbocycles. The van der Waals surface area contributed by atoms with Gasteiger partial charge in [-0.05, 0) is 42.0 Å². The molecule has 0 bridgehead atoms. The maximum atomic E-state index is 12.2. The number of anilines is 3. The summed E-state index contributed by atoms with van der Waals surface area (Å²) in [5, 5.41) is 17.6. The molecular weight excluding hydrogens is 416 g/mol. The number of pyridine rings is 1. The maximum absolute atomic E-state index is 12.2. The summed E-state index contributed by atoms with van der Waals surface area (Å²) in [5.74, 6) is 0. The topological polar surface area (TPSA) is 102 Å². The number of rotatable bonds is 8. The first-order valence-electron chi connectivity index (χ1n) is 10.9. The van der Waals surface area contributed by atoms with E-state index in [2.05, 4.69) is 25.8 Å². The summed E-state index contributed by atoms with van der Waals surface area (Å²) >= 11 is 0. The molecular formula is C25H28N6O2. The number of amides is 2. The zero-order valence-electron chi connectivity index (χ0n) is 18.4. The van der Waals surface area contributed by atoms with E-state index in [4.69, 9.17) is 10.1 Å². The fourth-order valence-electron chi connectivity index (χ4n) is 3.58. The van der Waals surface area contributed by atoms with Crippen molar-refractivity contribution in [3.05, 3.63) is 84.2 Å². The molecule has 1 aromatic heterocycles. The molecule has 170 valence electrons. The fraction of sp³-hybridized carbons (Fsp3) is 0.240. The van der Waals surface area contributed by atoms with Crippen molar-refractivity contribution >= 4 is 28.8 Å². The lowest BCUT2D eigenvalue weighted by molar-refractivity contribution is 0.0453. The van der Waals surface area contributed by atoms with Crippen LogP contribution in [-0.4, -0.2) is 54.5 Å². The molecule has 0 spiro atoms. The van der Waals surface area contributed by atoms with Gasteiger partial charge in [0, 0.05) is 61.2 Å². The van der Waals surface area contributed by atoms with Crippen LogP contribution in [0.3, 0.4) is 0 Å². The Hall–Kier alpha value is -3.75. The van der Waals surface area contributed by atoms with Crippen LogP contribution in [0.1, 0.15) is 11.1 Å². The van der Waals surface area contributed by atoms with Crippen molar-refractivity contribution < 1.29 is 9.53 Å². The molecule has 2 amide bonds. The van der Waals surface area contributed by atoms with Gasteiger partial charge in [0.05, 0.1) is 18.9 Å². The van der Waals surface area contributed by atoms with Crippen LogP contribution >= 0.6 is 0 Å². The average molecular weight is 445 g/mol. The first-order valence-corrected chi connectivity index (χ1v) is 10.9. The summed E-state index contributed by atoms with van der Waals surface area (Å²) in [6.07, 6.45) is 3.42. The Kier molecular flexibility index (Phi) is 7.63. The van der Waals surface area contributed by atoms with Crippen LogP contribution in [0.25, 0.3) is 0 Å². The van der Waals surface area contributed by atoms with Crippen molar-refractivity contribution in [2.75, 3.05) is 43.5 Å². The third-order valence-corrected chi connectivity index (χ3v) is 5.34. The first-order chi connectivity index (χ1) is 16.2. The number of morpholine rings is 1. The molecule has 2 heterocycles. The Morgan fingerprint density at radius 2 is 1.76 bits per heavy atom. The SMILES string of the molecule is N=C(CN1CCOCC1)c1ccccc1Nc1ccc(NC(=O)NCc2cccnc2)cc1. The summed E-state index contributed by atoms with van der Waals surface area (Å²) in [6, 6.07) is 18.8. The molecule has 0 unspecified atom stereocenters. The van der Waals surface area contributed by atoms with Gasteiger partial charge in [-0.15, -0.1) is 0 Å². The van der Waals surface area contributed by atoms with Gasteiger partial charge in [0.1, 0.15) is 0 Å². The standard InChI is InChI=1S/C25H28N6O2/c26-23(18-31-12-14-33-15-13-31)22-5-1-2-6-24(22)29-20-7-9-21(10-8-20)30-25(32)28-17-19-4-3-11-27-16-19/h1-11,16,26,29H,12-15,17-18H2,(H2,28,30,32). The van der Waals surface area contributed by atoms with Gasteiger partial charge in [-0.1, -0.05) is 24.3 Å². The second kappa shape index (κ2) is 11.2. The van der Waals surface area contributed by atoms with Crippen LogP contribution in [0, 0.1) is 5.41 Å². The number of carbonyl (C=O) groups is 1. The second-order valence-electron chi connectivity index (χ2n) is 7.78. The number of ether oxygens (including phenoxy) is 1. The summed E-state index contributed by atoms with van der Waals surface area (Å²) in [4.78, 5) is 18.4. The Morgan fingerprint density at radius 3 is 2.52 bits per heavy atom. The van der Waals surface area contributed by atoms with E-state index in [1.54, 1.807) is 12.4 Å². The van der Waals surface area contributed by atoms with E-state index in [0.717, 1.165) is 48.8 Å². The lowest BCUT2D eigenvalue weighted by Crippen LogP contribution is -2.39. The summed E-state index contributed by atoms with van der Waals surface area (Å²) in [6.45, 7) is 4.14. The van der Waals surface area contributed by atoms with E-state index in [9.17, 15) is 4.79 Å². The minimum absolute atomic E-state index is 0.276. The number of para-hydroxylation sites is 1. The van der Waals surface area contributed by atoms with Gasteiger partial charge in [-0.3, -0.25) is 9.88 Å². The quantitative estimate of drug-likeness (QED) is 0.395. The number of carbonyl (C=O) groups excluding carboxylic acids is 1. The summed E-state index contributed by atoms with van der Waals surface area (Å²) in [7, 11) is 0. The number of hydrogen-bond acceptors (Lipinski definition) is 6. The lowest BCUT2D eigenvalue weighted by Gasteiger charge is -2.27. The van der Waals surface area contributed by atoms with Gasteiger partial charge in [0.25, 0.3) is 0 Å². The number of aromatic nitrogens is 1. The monoisotopic (exact) mass is 444 g/mol. The molecule has 1 saturated heterocycles. The highest BCUT2D eigenvalue weighted by molar-refractivity contribution is 6.04. The molecule has 1 aliphatic rings.